The number of hydrogen-bond acceptors (Lipinski definition) is 5. The van der Waals surface area contributed by atoms with E-state index in [1.165, 1.54) is 0 Å². The first-order chi connectivity index (χ1) is 8.15. The smallest absolute Gasteiger partial charge is 0.334 e. The highest BCUT2D eigenvalue weighted by molar-refractivity contribution is 5.93. The first-order valence-electron chi connectivity index (χ1n) is 5.75. The number of ether oxygens (including phenoxy) is 3. The van der Waals surface area contributed by atoms with Gasteiger partial charge >= 0.3 is 11.9 Å². The average molecular weight is 244 g/mol. The molecule has 98 valence electrons. The van der Waals surface area contributed by atoms with E-state index in [4.69, 9.17) is 14.2 Å². The van der Waals surface area contributed by atoms with Gasteiger partial charge in [-0.05, 0) is 26.8 Å². The molecule has 0 aliphatic rings. The summed E-state index contributed by atoms with van der Waals surface area (Å²) < 4.78 is 14.7. The van der Waals surface area contributed by atoms with Crippen LogP contribution in [0.1, 0.15) is 27.2 Å². The van der Waals surface area contributed by atoms with Crippen LogP contribution >= 0.6 is 0 Å². The van der Waals surface area contributed by atoms with Crippen molar-refractivity contribution in [3.63, 3.8) is 0 Å². The summed E-state index contributed by atoms with van der Waals surface area (Å²) >= 11 is 0. The maximum absolute atomic E-state index is 11.5. The molecule has 0 saturated carbocycles. The Balaban J connectivity index is 4.44. The quantitative estimate of drug-likeness (QED) is 0.367. The van der Waals surface area contributed by atoms with Crippen LogP contribution in [0.5, 0.6) is 0 Å². The van der Waals surface area contributed by atoms with E-state index in [0.29, 0.717) is 13.2 Å². The summed E-state index contributed by atoms with van der Waals surface area (Å²) in [6, 6.07) is 0. The highest BCUT2D eigenvalue weighted by Crippen LogP contribution is 2.06. The number of carbonyl (C=O) groups is 2. The van der Waals surface area contributed by atoms with Crippen LogP contribution in [0.3, 0.4) is 0 Å². The molecule has 0 rings (SSSR count). The second-order valence-electron chi connectivity index (χ2n) is 3.09. The lowest BCUT2D eigenvalue weighted by Crippen LogP contribution is -2.14. The number of carbonyl (C=O) groups excluding carboxylic acids is 2. The topological polar surface area (TPSA) is 61.8 Å². The Morgan fingerprint density at radius 3 is 2.18 bits per heavy atom. The van der Waals surface area contributed by atoms with E-state index in [1.54, 1.807) is 19.9 Å². The zero-order chi connectivity index (χ0) is 13.1. The fraction of sp³-hybridized carbons (Fsp3) is 0.667. The van der Waals surface area contributed by atoms with Gasteiger partial charge in [0.25, 0.3) is 0 Å². The minimum Gasteiger partial charge on any atom is -0.466 e. The molecule has 5 nitrogen and oxygen atoms in total. The summed E-state index contributed by atoms with van der Waals surface area (Å²) in [7, 11) is 0. The molecule has 0 fully saturated rings. The van der Waals surface area contributed by atoms with Gasteiger partial charge in [-0.1, -0.05) is 0 Å². The first kappa shape index (κ1) is 15.6. The van der Waals surface area contributed by atoms with Gasteiger partial charge < -0.3 is 14.2 Å². The van der Waals surface area contributed by atoms with Crippen molar-refractivity contribution in [1.29, 1.82) is 0 Å². The molecule has 0 aliphatic carbocycles. The summed E-state index contributed by atoms with van der Waals surface area (Å²) in [6.07, 6.45) is 1.47. The van der Waals surface area contributed by atoms with Crippen LogP contribution in [0.2, 0.25) is 0 Å². The van der Waals surface area contributed by atoms with Gasteiger partial charge in [-0.25, -0.2) is 4.79 Å². The van der Waals surface area contributed by atoms with Crippen LogP contribution in [-0.4, -0.2) is 38.4 Å². The summed E-state index contributed by atoms with van der Waals surface area (Å²) in [5.74, 6) is -0.941. The standard InChI is InChI=1S/C12H20O5/c1-4-15-8-7-10(12(14)17-6-3)9-11(13)16-5-2/h7H,4-6,8-9H2,1-3H3. The van der Waals surface area contributed by atoms with Gasteiger partial charge in [0.15, 0.2) is 0 Å². The SMILES string of the molecule is CCOCC=C(CC(=O)OCC)C(=O)OCC. The van der Waals surface area contributed by atoms with E-state index in [2.05, 4.69) is 0 Å². The monoisotopic (exact) mass is 244 g/mol. The third kappa shape index (κ3) is 7.52. The number of hydrogen-bond donors (Lipinski definition) is 0. The van der Waals surface area contributed by atoms with Crippen LogP contribution in [-0.2, 0) is 23.8 Å². The second kappa shape index (κ2) is 9.84. The zero-order valence-electron chi connectivity index (χ0n) is 10.7. The Bertz CT molecular complexity index is 270. The van der Waals surface area contributed by atoms with Crippen LogP contribution in [0, 0.1) is 0 Å². The van der Waals surface area contributed by atoms with Gasteiger partial charge in [0, 0.05) is 12.2 Å². The normalized spacial score (nSPS) is 11.1. The lowest BCUT2D eigenvalue weighted by Gasteiger charge is -2.07. The predicted octanol–water partition coefficient (Wildman–Crippen LogP) is 1.47. The predicted molar refractivity (Wildman–Crippen MR) is 62.5 cm³/mol. The molecular formula is C12H20O5. The van der Waals surface area contributed by atoms with Gasteiger partial charge in [-0.3, -0.25) is 4.79 Å². The van der Waals surface area contributed by atoms with E-state index in [1.807, 2.05) is 6.92 Å². The fourth-order valence-corrected chi connectivity index (χ4v) is 1.10. The van der Waals surface area contributed by atoms with Crippen LogP contribution < -0.4 is 0 Å². The lowest BCUT2D eigenvalue weighted by atomic mass is 10.2. The molecule has 5 heteroatoms. The Hall–Kier alpha value is -1.36. The Morgan fingerprint density at radius 1 is 1.00 bits per heavy atom. The summed E-state index contributed by atoms with van der Waals surface area (Å²) in [6.45, 7) is 6.67. The van der Waals surface area contributed by atoms with Crippen molar-refractivity contribution in [2.24, 2.45) is 0 Å². The third-order valence-electron chi connectivity index (χ3n) is 1.83. The summed E-state index contributed by atoms with van der Waals surface area (Å²) in [5.41, 5.74) is 0.277. The summed E-state index contributed by atoms with van der Waals surface area (Å²) in [4.78, 5) is 22.8. The van der Waals surface area contributed by atoms with E-state index < -0.39 is 11.9 Å². The van der Waals surface area contributed by atoms with Crippen molar-refractivity contribution >= 4 is 11.9 Å². The van der Waals surface area contributed by atoms with Crippen molar-refractivity contribution in [2.45, 2.75) is 27.2 Å². The minimum absolute atomic E-state index is 0.0836. The highest BCUT2D eigenvalue weighted by Gasteiger charge is 2.15. The molecule has 17 heavy (non-hydrogen) atoms. The Morgan fingerprint density at radius 2 is 1.65 bits per heavy atom. The Kier molecular flexibility index (Phi) is 9.05. The van der Waals surface area contributed by atoms with Crippen LogP contribution in [0.15, 0.2) is 11.6 Å². The van der Waals surface area contributed by atoms with Crippen molar-refractivity contribution < 1.29 is 23.8 Å². The van der Waals surface area contributed by atoms with Gasteiger partial charge in [-0.15, -0.1) is 0 Å². The fourth-order valence-electron chi connectivity index (χ4n) is 1.10. The molecule has 0 N–H and O–H groups in total. The maximum Gasteiger partial charge on any atom is 0.334 e. The molecule has 0 unspecified atom stereocenters. The molecule has 0 aromatic rings. The summed E-state index contributed by atoms with van der Waals surface area (Å²) in [5, 5.41) is 0. The zero-order valence-corrected chi connectivity index (χ0v) is 10.7. The number of esters is 2. The van der Waals surface area contributed by atoms with Crippen molar-refractivity contribution in [3.05, 3.63) is 11.6 Å². The molecule has 0 aromatic carbocycles. The third-order valence-corrected chi connectivity index (χ3v) is 1.83. The first-order valence-corrected chi connectivity index (χ1v) is 5.75. The van der Waals surface area contributed by atoms with E-state index in [-0.39, 0.29) is 25.2 Å². The highest BCUT2D eigenvalue weighted by atomic mass is 16.5. The average Bonchev–Trinajstić information content (AvgIpc) is 2.28. The van der Waals surface area contributed by atoms with Gasteiger partial charge in [0.2, 0.25) is 0 Å². The van der Waals surface area contributed by atoms with Crippen LogP contribution in [0.4, 0.5) is 0 Å². The molecular weight excluding hydrogens is 224 g/mol. The van der Waals surface area contributed by atoms with Crippen molar-refractivity contribution in [3.8, 4) is 0 Å². The molecule has 0 saturated heterocycles. The molecule has 0 heterocycles. The maximum atomic E-state index is 11.5. The minimum atomic E-state index is -0.500. The van der Waals surface area contributed by atoms with Crippen LogP contribution in [0.25, 0.3) is 0 Å². The van der Waals surface area contributed by atoms with E-state index in [9.17, 15) is 9.59 Å². The number of rotatable bonds is 8. The van der Waals surface area contributed by atoms with Crippen molar-refractivity contribution in [1.82, 2.24) is 0 Å². The molecule has 0 atom stereocenters. The van der Waals surface area contributed by atoms with Crippen molar-refractivity contribution in [2.75, 3.05) is 26.4 Å². The molecule has 0 aliphatic heterocycles. The van der Waals surface area contributed by atoms with Gasteiger partial charge in [0.05, 0.1) is 26.2 Å². The van der Waals surface area contributed by atoms with E-state index >= 15 is 0 Å². The molecule has 0 aromatic heterocycles. The largest absolute Gasteiger partial charge is 0.466 e. The van der Waals surface area contributed by atoms with E-state index in [0.717, 1.165) is 0 Å². The van der Waals surface area contributed by atoms with Gasteiger partial charge in [0.1, 0.15) is 0 Å². The molecule has 0 amide bonds. The van der Waals surface area contributed by atoms with Gasteiger partial charge in [-0.2, -0.15) is 0 Å². The lowest BCUT2D eigenvalue weighted by molar-refractivity contribution is -0.145. The second-order valence-corrected chi connectivity index (χ2v) is 3.09. The molecule has 0 radical (unpaired) electrons. The molecule has 0 bridgehead atoms. The Labute approximate surface area is 102 Å². The molecule has 0 spiro atoms.